The summed E-state index contributed by atoms with van der Waals surface area (Å²) >= 11 is 0. The standard InChI is InChI=1S/C15H24N2O2/c1-2-3-4-5-10-17-11-12-19-14-8-6-13(7-9-14)15(16)18/h6-9,17H,2-5,10-12H2,1H3,(H2,16,18). The van der Waals surface area contributed by atoms with E-state index in [0.717, 1.165) is 18.8 Å². The molecule has 1 amide bonds. The molecular weight excluding hydrogens is 240 g/mol. The summed E-state index contributed by atoms with van der Waals surface area (Å²) in [5.41, 5.74) is 5.66. The normalized spacial score (nSPS) is 10.4. The van der Waals surface area contributed by atoms with Crippen LogP contribution in [-0.2, 0) is 0 Å². The number of primary amides is 1. The number of ether oxygens (including phenoxy) is 1. The molecule has 4 heteroatoms. The largest absolute Gasteiger partial charge is 0.492 e. The molecule has 1 aromatic rings. The monoisotopic (exact) mass is 264 g/mol. The maximum absolute atomic E-state index is 10.9. The van der Waals surface area contributed by atoms with Crippen LogP contribution in [0.2, 0.25) is 0 Å². The molecule has 0 radical (unpaired) electrons. The van der Waals surface area contributed by atoms with E-state index in [0.29, 0.717) is 12.2 Å². The number of carbonyl (C=O) groups is 1. The minimum absolute atomic E-state index is 0.416. The van der Waals surface area contributed by atoms with E-state index in [1.54, 1.807) is 24.3 Å². The van der Waals surface area contributed by atoms with Gasteiger partial charge in [-0.3, -0.25) is 4.79 Å². The van der Waals surface area contributed by atoms with Crippen LogP contribution >= 0.6 is 0 Å². The minimum Gasteiger partial charge on any atom is -0.492 e. The lowest BCUT2D eigenvalue weighted by Gasteiger charge is -2.07. The average Bonchev–Trinajstić information content (AvgIpc) is 2.42. The Kier molecular flexibility index (Phi) is 7.66. The van der Waals surface area contributed by atoms with Crippen molar-refractivity contribution in [2.75, 3.05) is 19.7 Å². The zero-order valence-corrected chi connectivity index (χ0v) is 11.7. The fraction of sp³-hybridized carbons (Fsp3) is 0.533. The van der Waals surface area contributed by atoms with E-state index < -0.39 is 5.91 Å². The average molecular weight is 264 g/mol. The first-order chi connectivity index (χ1) is 9.24. The van der Waals surface area contributed by atoms with Crippen molar-refractivity contribution >= 4 is 5.91 Å². The molecule has 0 aliphatic carbocycles. The summed E-state index contributed by atoms with van der Waals surface area (Å²) in [6.45, 7) is 4.72. The highest BCUT2D eigenvalue weighted by molar-refractivity contribution is 5.92. The van der Waals surface area contributed by atoms with Gasteiger partial charge >= 0.3 is 0 Å². The van der Waals surface area contributed by atoms with E-state index in [-0.39, 0.29) is 0 Å². The van der Waals surface area contributed by atoms with Crippen molar-refractivity contribution in [3.8, 4) is 5.75 Å². The molecule has 0 unspecified atom stereocenters. The molecule has 4 nitrogen and oxygen atoms in total. The van der Waals surface area contributed by atoms with Gasteiger partial charge in [0.1, 0.15) is 12.4 Å². The number of unbranched alkanes of at least 4 members (excludes halogenated alkanes) is 3. The van der Waals surface area contributed by atoms with Crippen LogP contribution in [0.1, 0.15) is 43.0 Å². The van der Waals surface area contributed by atoms with Gasteiger partial charge in [0, 0.05) is 12.1 Å². The van der Waals surface area contributed by atoms with Gasteiger partial charge in [-0.2, -0.15) is 0 Å². The number of amides is 1. The lowest BCUT2D eigenvalue weighted by molar-refractivity contribution is 0.100. The Hall–Kier alpha value is -1.55. The first kappa shape index (κ1) is 15.5. The lowest BCUT2D eigenvalue weighted by atomic mass is 10.2. The molecule has 1 rings (SSSR count). The number of hydrogen-bond acceptors (Lipinski definition) is 3. The molecule has 0 saturated carbocycles. The van der Waals surface area contributed by atoms with Crippen LogP contribution in [-0.4, -0.2) is 25.6 Å². The second-order valence-electron chi connectivity index (χ2n) is 4.55. The smallest absolute Gasteiger partial charge is 0.248 e. The summed E-state index contributed by atoms with van der Waals surface area (Å²) in [6.07, 6.45) is 5.09. The van der Waals surface area contributed by atoms with Gasteiger partial charge in [-0.15, -0.1) is 0 Å². The SMILES string of the molecule is CCCCCCNCCOc1ccc(C(N)=O)cc1. The molecule has 0 aliphatic rings. The quantitative estimate of drug-likeness (QED) is 0.637. The second kappa shape index (κ2) is 9.39. The maximum Gasteiger partial charge on any atom is 0.248 e. The first-order valence-corrected chi connectivity index (χ1v) is 6.97. The van der Waals surface area contributed by atoms with Crippen LogP contribution in [0.25, 0.3) is 0 Å². The number of benzene rings is 1. The Labute approximate surface area is 115 Å². The number of nitrogens with two attached hydrogens (primary N) is 1. The number of rotatable bonds is 10. The highest BCUT2D eigenvalue weighted by Crippen LogP contribution is 2.11. The van der Waals surface area contributed by atoms with E-state index in [2.05, 4.69) is 12.2 Å². The summed E-state index contributed by atoms with van der Waals surface area (Å²) < 4.78 is 5.55. The number of nitrogens with one attached hydrogen (secondary N) is 1. The Balaban J connectivity index is 2.07. The molecular formula is C15H24N2O2. The third-order valence-corrected chi connectivity index (χ3v) is 2.89. The predicted octanol–water partition coefficient (Wildman–Crippen LogP) is 2.33. The van der Waals surface area contributed by atoms with Gasteiger partial charge in [-0.05, 0) is 37.2 Å². The van der Waals surface area contributed by atoms with Crippen molar-refractivity contribution in [2.45, 2.75) is 32.6 Å². The summed E-state index contributed by atoms with van der Waals surface area (Å²) in [6, 6.07) is 6.88. The van der Waals surface area contributed by atoms with Crippen molar-refractivity contribution < 1.29 is 9.53 Å². The summed E-state index contributed by atoms with van der Waals surface area (Å²) in [4.78, 5) is 10.9. The van der Waals surface area contributed by atoms with Crippen LogP contribution in [0.5, 0.6) is 5.75 Å². The summed E-state index contributed by atoms with van der Waals surface area (Å²) in [7, 11) is 0. The first-order valence-electron chi connectivity index (χ1n) is 6.97. The Morgan fingerprint density at radius 2 is 1.89 bits per heavy atom. The molecule has 0 aliphatic heterocycles. The van der Waals surface area contributed by atoms with Gasteiger partial charge < -0.3 is 15.8 Å². The molecule has 0 atom stereocenters. The van der Waals surface area contributed by atoms with Crippen LogP contribution in [0.3, 0.4) is 0 Å². The fourth-order valence-corrected chi connectivity index (χ4v) is 1.76. The third kappa shape index (κ3) is 6.82. The zero-order chi connectivity index (χ0) is 13.9. The van der Waals surface area contributed by atoms with Gasteiger partial charge in [-0.25, -0.2) is 0 Å². The highest BCUT2D eigenvalue weighted by Gasteiger charge is 1.99. The number of hydrogen-bond donors (Lipinski definition) is 2. The summed E-state index contributed by atoms with van der Waals surface area (Å²) in [5.74, 6) is 0.345. The third-order valence-electron chi connectivity index (χ3n) is 2.89. The molecule has 0 saturated heterocycles. The topological polar surface area (TPSA) is 64.3 Å². The van der Waals surface area contributed by atoms with E-state index in [4.69, 9.17) is 10.5 Å². The molecule has 0 heterocycles. The Morgan fingerprint density at radius 3 is 2.53 bits per heavy atom. The molecule has 19 heavy (non-hydrogen) atoms. The summed E-state index contributed by atoms with van der Waals surface area (Å²) in [5, 5.41) is 3.35. The van der Waals surface area contributed by atoms with Gasteiger partial charge in [0.15, 0.2) is 0 Å². The molecule has 0 aromatic heterocycles. The molecule has 0 fully saturated rings. The molecule has 0 bridgehead atoms. The van der Waals surface area contributed by atoms with Crippen LogP contribution in [0.4, 0.5) is 0 Å². The van der Waals surface area contributed by atoms with Gasteiger partial charge in [0.05, 0.1) is 0 Å². The maximum atomic E-state index is 10.9. The zero-order valence-electron chi connectivity index (χ0n) is 11.7. The van der Waals surface area contributed by atoms with E-state index in [9.17, 15) is 4.79 Å². The van der Waals surface area contributed by atoms with Crippen LogP contribution in [0, 0.1) is 0 Å². The fourth-order valence-electron chi connectivity index (χ4n) is 1.76. The highest BCUT2D eigenvalue weighted by atomic mass is 16.5. The molecule has 1 aromatic carbocycles. The van der Waals surface area contributed by atoms with Crippen molar-refractivity contribution in [3.63, 3.8) is 0 Å². The lowest BCUT2D eigenvalue weighted by Crippen LogP contribution is -2.22. The van der Waals surface area contributed by atoms with Gasteiger partial charge in [0.25, 0.3) is 0 Å². The Morgan fingerprint density at radius 1 is 1.16 bits per heavy atom. The van der Waals surface area contributed by atoms with Gasteiger partial charge in [-0.1, -0.05) is 26.2 Å². The van der Waals surface area contributed by atoms with Crippen molar-refractivity contribution in [1.29, 1.82) is 0 Å². The molecule has 3 N–H and O–H groups in total. The van der Waals surface area contributed by atoms with Crippen LogP contribution in [0.15, 0.2) is 24.3 Å². The van der Waals surface area contributed by atoms with Crippen molar-refractivity contribution in [3.05, 3.63) is 29.8 Å². The molecule has 106 valence electrons. The predicted molar refractivity (Wildman–Crippen MR) is 77.5 cm³/mol. The number of carbonyl (C=O) groups excluding carboxylic acids is 1. The Bertz CT molecular complexity index is 363. The van der Waals surface area contributed by atoms with E-state index in [1.807, 2.05) is 0 Å². The van der Waals surface area contributed by atoms with Crippen molar-refractivity contribution in [2.24, 2.45) is 5.73 Å². The van der Waals surface area contributed by atoms with Gasteiger partial charge in [0.2, 0.25) is 5.91 Å². The van der Waals surface area contributed by atoms with Crippen molar-refractivity contribution in [1.82, 2.24) is 5.32 Å². The second-order valence-corrected chi connectivity index (χ2v) is 4.55. The molecule has 0 spiro atoms. The van der Waals surface area contributed by atoms with E-state index in [1.165, 1.54) is 25.7 Å². The van der Waals surface area contributed by atoms with E-state index >= 15 is 0 Å². The minimum atomic E-state index is -0.416. The van der Waals surface area contributed by atoms with Crippen LogP contribution < -0.4 is 15.8 Å².